The lowest BCUT2D eigenvalue weighted by Crippen LogP contribution is -2.22. The highest BCUT2D eigenvalue weighted by molar-refractivity contribution is 5.35. The summed E-state index contributed by atoms with van der Waals surface area (Å²) in [6.45, 7) is 2.25. The zero-order valence-corrected chi connectivity index (χ0v) is 9.50. The highest BCUT2D eigenvalue weighted by Crippen LogP contribution is 2.41. The molecule has 0 amide bonds. The van der Waals surface area contributed by atoms with E-state index < -0.39 is 11.4 Å². The van der Waals surface area contributed by atoms with E-state index >= 15 is 0 Å². The van der Waals surface area contributed by atoms with Gasteiger partial charge >= 0.3 is 0 Å². The predicted molar refractivity (Wildman–Crippen MR) is 59.9 cm³/mol. The lowest BCUT2D eigenvalue weighted by Gasteiger charge is -2.24. The molecule has 0 radical (unpaired) electrons. The van der Waals surface area contributed by atoms with Crippen molar-refractivity contribution in [2.45, 2.75) is 38.2 Å². The molecular formula is C13H17FO2. The third-order valence-electron chi connectivity index (χ3n) is 3.20. The van der Waals surface area contributed by atoms with Crippen molar-refractivity contribution >= 4 is 0 Å². The van der Waals surface area contributed by atoms with Gasteiger partial charge in [0.1, 0.15) is 0 Å². The van der Waals surface area contributed by atoms with Gasteiger partial charge in [0.25, 0.3) is 0 Å². The molecule has 3 heteroatoms. The highest BCUT2D eigenvalue weighted by Gasteiger charge is 2.36. The van der Waals surface area contributed by atoms with Crippen molar-refractivity contribution < 1.29 is 14.2 Å². The maximum absolute atomic E-state index is 14.1. The van der Waals surface area contributed by atoms with E-state index in [0.29, 0.717) is 25.0 Å². The Morgan fingerprint density at radius 3 is 2.69 bits per heavy atom. The van der Waals surface area contributed by atoms with Crippen molar-refractivity contribution in [2.24, 2.45) is 0 Å². The van der Waals surface area contributed by atoms with Crippen LogP contribution >= 0.6 is 0 Å². The van der Waals surface area contributed by atoms with E-state index in [0.717, 1.165) is 12.8 Å². The monoisotopic (exact) mass is 224 g/mol. The number of benzene rings is 1. The summed E-state index contributed by atoms with van der Waals surface area (Å²) < 4.78 is 19.3. The van der Waals surface area contributed by atoms with Gasteiger partial charge in [0.2, 0.25) is 0 Å². The second-order valence-electron chi connectivity index (χ2n) is 4.29. The average Bonchev–Trinajstić information content (AvgIpc) is 2.70. The van der Waals surface area contributed by atoms with Gasteiger partial charge in [-0.25, -0.2) is 4.39 Å². The smallest absolute Gasteiger partial charge is 0.171 e. The highest BCUT2D eigenvalue weighted by atomic mass is 19.1. The third kappa shape index (κ3) is 1.92. The predicted octanol–water partition coefficient (Wildman–Crippen LogP) is 2.99. The number of rotatable bonds is 3. The molecule has 0 aliphatic heterocycles. The topological polar surface area (TPSA) is 29.5 Å². The molecule has 1 aromatic carbocycles. The van der Waals surface area contributed by atoms with Crippen molar-refractivity contribution in [1.29, 1.82) is 0 Å². The maximum atomic E-state index is 14.1. The molecule has 0 atom stereocenters. The molecule has 88 valence electrons. The standard InChI is InChI=1S/C13H17FO2/c1-2-16-11-7-5-6-10(12(11)14)13(15)8-3-4-9-13/h5-7,15H,2-4,8-9H2,1H3. The first kappa shape index (κ1) is 11.4. The van der Waals surface area contributed by atoms with Crippen LogP contribution in [-0.4, -0.2) is 11.7 Å². The molecule has 0 saturated heterocycles. The van der Waals surface area contributed by atoms with Gasteiger partial charge in [-0.1, -0.05) is 25.0 Å². The van der Waals surface area contributed by atoms with Crippen molar-refractivity contribution in [3.63, 3.8) is 0 Å². The van der Waals surface area contributed by atoms with E-state index in [2.05, 4.69) is 0 Å². The third-order valence-corrected chi connectivity index (χ3v) is 3.20. The summed E-state index contributed by atoms with van der Waals surface area (Å²) in [6, 6.07) is 4.99. The Kier molecular flexibility index (Phi) is 3.15. The van der Waals surface area contributed by atoms with Crippen LogP contribution in [0.15, 0.2) is 18.2 Å². The first-order chi connectivity index (χ1) is 7.67. The summed E-state index contributed by atoms with van der Waals surface area (Å²) in [5.74, 6) is -0.172. The van der Waals surface area contributed by atoms with Gasteiger partial charge in [-0.05, 0) is 25.8 Å². The fourth-order valence-electron chi connectivity index (χ4n) is 2.37. The summed E-state index contributed by atoms with van der Waals surface area (Å²) in [5.41, 5.74) is -0.604. The summed E-state index contributed by atoms with van der Waals surface area (Å²) in [7, 11) is 0. The molecule has 0 heterocycles. The van der Waals surface area contributed by atoms with E-state index in [-0.39, 0.29) is 5.75 Å². The summed E-state index contributed by atoms with van der Waals surface area (Å²) >= 11 is 0. The molecule has 2 nitrogen and oxygen atoms in total. The number of hydrogen-bond donors (Lipinski definition) is 1. The Morgan fingerprint density at radius 2 is 2.06 bits per heavy atom. The van der Waals surface area contributed by atoms with Gasteiger partial charge in [-0.3, -0.25) is 0 Å². The Bertz CT molecular complexity index is 370. The number of aliphatic hydroxyl groups is 1. The van der Waals surface area contributed by atoms with Crippen molar-refractivity contribution in [1.82, 2.24) is 0 Å². The van der Waals surface area contributed by atoms with E-state index in [1.807, 2.05) is 6.92 Å². The molecule has 1 saturated carbocycles. The molecule has 0 spiro atoms. The summed E-state index contributed by atoms with van der Waals surface area (Å²) in [6.07, 6.45) is 3.18. The van der Waals surface area contributed by atoms with Crippen LogP contribution < -0.4 is 4.74 Å². The van der Waals surface area contributed by atoms with Gasteiger partial charge < -0.3 is 9.84 Å². The second kappa shape index (κ2) is 4.42. The van der Waals surface area contributed by atoms with Gasteiger partial charge in [-0.2, -0.15) is 0 Å². The molecule has 0 bridgehead atoms. The fraction of sp³-hybridized carbons (Fsp3) is 0.538. The molecular weight excluding hydrogens is 207 g/mol. The minimum atomic E-state index is -0.989. The lowest BCUT2D eigenvalue weighted by atomic mass is 9.91. The van der Waals surface area contributed by atoms with Crippen LogP contribution in [0.3, 0.4) is 0 Å². The molecule has 1 aromatic rings. The van der Waals surface area contributed by atoms with Gasteiger partial charge in [-0.15, -0.1) is 0 Å². The minimum Gasteiger partial charge on any atom is -0.491 e. The van der Waals surface area contributed by atoms with Gasteiger partial charge in [0.05, 0.1) is 12.2 Å². The van der Waals surface area contributed by atoms with Crippen LogP contribution in [0, 0.1) is 5.82 Å². The molecule has 0 unspecified atom stereocenters. The van der Waals surface area contributed by atoms with E-state index in [1.165, 1.54) is 0 Å². The molecule has 1 N–H and O–H groups in total. The summed E-state index contributed by atoms with van der Waals surface area (Å²) in [4.78, 5) is 0. The first-order valence-corrected chi connectivity index (χ1v) is 5.81. The molecule has 16 heavy (non-hydrogen) atoms. The average molecular weight is 224 g/mol. The Labute approximate surface area is 95.1 Å². The second-order valence-corrected chi connectivity index (χ2v) is 4.29. The Hall–Kier alpha value is -1.09. The normalized spacial score (nSPS) is 18.7. The first-order valence-electron chi connectivity index (χ1n) is 5.81. The van der Waals surface area contributed by atoms with Crippen LogP contribution in [0.25, 0.3) is 0 Å². The largest absolute Gasteiger partial charge is 0.491 e. The maximum Gasteiger partial charge on any atom is 0.171 e. The fourth-order valence-corrected chi connectivity index (χ4v) is 2.37. The number of ether oxygens (including phenoxy) is 1. The number of hydrogen-bond acceptors (Lipinski definition) is 2. The summed E-state index contributed by atoms with van der Waals surface area (Å²) in [5, 5.41) is 10.3. The van der Waals surface area contributed by atoms with E-state index in [1.54, 1.807) is 18.2 Å². The molecule has 1 aliphatic rings. The number of halogens is 1. The van der Waals surface area contributed by atoms with Crippen LogP contribution in [0.5, 0.6) is 5.75 Å². The van der Waals surface area contributed by atoms with Crippen LogP contribution in [0.4, 0.5) is 4.39 Å². The molecule has 2 rings (SSSR count). The van der Waals surface area contributed by atoms with Crippen LogP contribution in [0.1, 0.15) is 38.2 Å². The molecule has 0 aromatic heterocycles. The minimum absolute atomic E-state index is 0.236. The zero-order chi connectivity index (χ0) is 11.6. The molecule has 1 aliphatic carbocycles. The van der Waals surface area contributed by atoms with Crippen molar-refractivity contribution in [3.05, 3.63) is 29.6 Å². The van der Waals surface area contributed by atoms with Crippen molar-refractivity contribution in [2.75, 3.05) is 6.61 Å². The zero-order valence-electron chi connectivity index (χ0n) is 9.50. The van der Waals surface area contributed by atoms with E-state index in [9.17, 15) is 9.50 Å². The SMILES string of the molecule is CCOc1cccc(C2(O)CCCC2)c1F. The molecule has 1 fully saturated rings. The van der Waals surface area contributed by atoms with Crippen molar-refractivity contribution in [3.8, 4) is 5.75 Å². The van der Waals surface area contributed by atoms with Crippen LogP contribution in [0.2, 0.25) is 0 Å². The van der Waals surface area contributed by atoms with Crippen LogP contribution in [-0.2, 0) is 5.60 Å². The Balaban J connectivity index is 2.37. The Morgan fingerprint density at radius 1 is 1.38 bits per heavy atom. The lowest BCUT2D eigenvalue weighted by molar-refractivity contribution is 0.0402. The van der Waals surface area contributed by atoms with Gasteiger partial charge in [0, 0.05) is 5.56 Å². The van der Waals surface area contributed by atoms with Gasteiger partial charge in [0.15, 0.2) is 11.6 Å². The van der Waals surface area contributed by atoms with E-state index in [4.69, 9.17) is 4.74 Å². The quantitative estimate of drug-likeness (QED) is 0.855.